The van der Waals surface area contributed by atoms with Crippen LogP contribution in [0.25, 0.3) is 0 Å². The molecule has 1 aliphatic heterocycles. The van der Waals surface area contributed by atoms with Gasteiger partial charge in [0.05, 0.1) is 25.3 Å². The number of aryl methyl sites for hydroxylation is 1. The summed E-state index contributed by atoms with van der Waals surface area (Å²) in [4.78, 5) is 12.2. The van der Waals surface area contributed by atoms with Crippen molar-refractivity contribution in [2.24, 2.45) is 0 Å². The van der Waals surface area contributed by atoms with Crippen LogP contribution in [0.2, 0.25) is 0 Å². The minimum absolute atomic E-state index is 0.0542. The van der Waals surface area contributed by atoms with Crippen molar-refractivity contribution in [2.45, 2.75) is 25.9 Å². The number of hydrogen-bond donors (Lipinski definition) is 1. The van der Waals surface area contributed by atoms with Crippen molar-refractivity contribution in [3.05, 3.63) is 29.3 Å². The molecule has 1 atom stereocenters. The van der Waals surface area contributed by atoms with Gasteiger partial charge in [0.15, 0.2) is 5.78 Å². The molecule has 1 fully saturated rings. The summed E-state index contributed by atoms with van der Waals surface area (Å²) in [5.74, 6) is 0.688. The number of carbonyl (C=O) groups excluding carboxylic acids is 1. The minimum atomic E-state index is 0.0542. The zero-order chi connectivity index (χ0) is 13.7. The lowest BCUT2D eigenvalue weighted by Gasteiger charge is -2.12. The number of nitrogens with one attached hydrogen (secondary N) is 1. The number of hydrogen-bond acceptors (Lipinski definition) is 4. The van der Waals surface area contributed by atoms with Crippen LogP contribution in [0.1, 0.15) is 28.8 Å². The van der Waals surface area contributed by atoms with E-state index in [2.05, 4.69) is 5.32 Å². The fourth-order valence-electron chi connectivity index (χ4n) is 2.29. The van der Waals surface area contributed by atoms with Gasteiger partial charge in [0, 0.05) is 13.2 Å². The van der Waals surface area contributed by atoms with Gasteiger partial charge in [0.1, 0.15) is 5.75 Å². The minimum Gasteiger partial charge on any atom is -0.496 e. The van der Waals surface area contributed by atoms with Crippen molar-refractivity contribution >= 4 is 5.78 Å². The highest BCUT2D eigenvalue weighted by molar-refractivity contribution is 6.00. The largest absolute Gasteiger partial charge is 0.496 e. The molecule has 0 aliphatic carbocycles. The van der Waals surface area contributed by atoms with E-state index in [1.165, 1.54) is 0 Å². The molecule has 4 nitrogen and oxygen atoms in total. The van der Waals surface area contributed by atoms with Gasteiger partial charge in [-0.05, 0) is 31.9 Å². The molecular formula is C15H21NO3. The average molecular weight is 263 g/mol. The molecule has 0 saturated carbocycles. The highest BCUT2D eigenvalue weighted by Gasteiger charge is 2.16. The van der Waals surface area contributed by atoms with Crippen molar-refractivity contribution in [1.29, 1.82) is 0 Å². The predicted molar refractivity (Wildman–Crippen MR) is 73.9 cm³/mol. The van der Waals surface area contributed by atoms with Crippen molar-refractivity contribution in [2.75, 3.05) is 26.8 Å². The topological polar surface area (TPSA) is 47.6 Å². The highest BCUT2D eigenvalue weighted by atomic mass is 16.5. The SMILES string of the molecule is COc1ccc(C)cc1C(=O)CNCC1CCCO1. The average Bonchev–Trinajstić information content (AvgIpc) is 2.91. The zero-order valence-corrected chi connectivity index (χ0v) is 11.6. The van der Waals surface area contributed by atoms with Gasteiger partial charge in [-0.15, -0.1) is 0 Å². The van der Waals surface area contributed by atoms with Crippen LogP contribution in [0.5, 0.6) is 5.75 Å². The molecule has 0 aromatic heterocycles. The Morgan fingerprint density at radius 2 is 2.37 bits per heavy atom. The third kappa shape index (κ3) is 3.78. The Balaban J connectivity index is 1.89. The van der Waals surface area contributed by atoms with Crippen molar-refractivity contribution in [1.82, 2.24) is 5.32 Å². The summed E-state index contributed by atoms with van der Waals surface area (Å²) in [6.45, 7) is 3.86. The Kier molecular flexibility index (Phi) is 4.93. The molecule has 4 heteroatoms. The summed E-state index contributed by atoms with van der Waals surface area (Å²) < 4.78 is 10.7. The normalized spacial score (nSPS) is 18.5. The molecule has 0 spiro atoms. The van der Waals surface area contributed by atoms with Crippen LogP contribution in [0.3, 0.4) is 0 Å². The Bertz CT molecular complexity index is 439. The van der Waals surface area contributed by atoms with Gasteiger partial charge < -0.3 is 14.8 Å². The van der Waals surface area contributed by atoms with Gasteiger partial charge in [-0.3, -0.25) is 4.79 Å². The fourth-order valence-corrected chi connectivity index (χ4v) is 2.29. The molecule has 19 heavy (non-hydrogen) atoms. The molecular weight excluding hydrogens is 242 g/mol. The van der Waals surface area contributed by atoms with Crippen molar-refractivity contribution in [3.63, 3.8) is 0 Å². The lowest BCUT2D eigenvalue weighted by Crippen LogP contribution is -2.31. The molecule has 1 N–H and O–H groups in total. The van der Waals surface area contributed by atoms with E-state index in [4.69, 9.17) is 9.47 Å². The van der Waals surface area contributed by atoms with E-state index in [9.17, 15) is 4.79 Å². The summed E-state index contributed by atoms with van der Waals surface area (Å²) in [6, 6.07) is 5.65. The van der Waals surface area contributed by atoms with Gasteiger partial charge in [-0.25, -0.2) is 0 Å². The maximum atomic E-state index is 12.2. The van der Waals surface area contributed by atoms with E-state index in [0.29, 0.717) is 17.9 Å². The molecule has 0 amide bonds. The molecule has 2 rings (SSSR count). The quantitative estimate of drug-likeness (QED) is 0.797. The second-order valence-corrected chi connectivity index (χ2v) is 4.89. The smallest absolute Gasteiger partial charge is 0.180 e. The molecule has 1 heterocycles. The molecule has 0 bridgehead atoms. The standard InChI is InChI=1S/C15H21NO3/c1-11-5-6-15(18-2)13(8-11)14(17)10-16-9-12-4-3-7-19-12/h5-6,8,12,16H,3-4,7,9-10H2,1-2H3. The first-order valence-corrected chi connectivity index (χ1v) is 6.71. The van der Waals surface area contributed by atoms with E-state index in [1.54, 1.807) is 7.11 Å². The summed E-state index contributed by atoms with van der Waals surface area (Å²) in [6.07, 6.45) is 2.45. The molecule has 1 aromatic rings. The van der Waals surface area contributed by atoms with Crippen molar-refractivity contribution in [3.8, 4) is 5.75 Å². The lowest BCUT2D eigenvalue weighted by molar-refractivity contribution is 0.0953. The second-order valence-electron chi connectivity index (χ2n) is 4.89. The summed E-state index contributed by atoms with van der Waals surface area (Å²) in [7, 11) is 1.58. The third-order valence-electron chi connectivity index (χ3n) is 3.34. The van der Waals surface area contributed by atoms with Crippen LogP contribution in [0.15, 0.2) is 18.2 Å². The maximum Gasteiger partial charge on any atom is 0.180 e. The Morgan fingerprint density at radius 1 is 1.53 bits per heavy atom. The molecule has 1 aliphatic rings. The Morgan fingerprint density at radius 3 is 3.05 bits per heavy atom. The molecule has 1 unspecified atom stereocenters. The number of Topliss-reactive ketones (excluding diaryl/α,β-unsaturated/α-hetero) is 1. The molecule has 1 aromatic carbocycles. The number of rotatable bonds is 6. The number of carbonyl (C=O) groups is 1. The van der Waals surface area contributed by atoms with E-state index < -0.39 is 0 Å². The monoisotopic (exact) mass is 263 g/mol. The number of ketones is 1. The van der Waals surface area contributed by atoms with E-state index in [-0.39, 0.29) is 11.9 Å². The second kappa shape index (κ2) is 6.68. The molecule has 104 valence electrons. The van der Waals surface area contributed by atoms with E-state index in [1.807, 2.05) is 25.1 Å². The fraction of sp³-hybridized carbons (Fsp3) is 0.533. The van der Waals surface area contributed by atoms with Gasteiger partial charge in [-0.2, -0.15) is 0 Å². The number of benzene rings is 1. The van der Waals surface area contributed by atoms with E-state index >= 15 is 0 Å². The Hall–Kier alpha value is -1.39. The van der Waals surface area contributed by atoms with Gasteiger partial charge in [0.25, 0.3) is 0 Å². The third-order valence-corrected chi connectivity index (χ3v) is 3.34. The van der Waals surface area contributed by atoms with Crippen molar-refractivity contribution < 1.29 is 14.3 Å². The van der Waals surface area contributed by atoms with Gasteiger partial charge in [0.2, 0.25) is 0 Å². The Labute approximate surface area is 114 Å². The molecule has 1 saturated heterocycles. The number of methoxy groups -OCH3 is 1. The van der Waals surface area contributed by atoms with Crippen LogP contribution in [-0.2, 0) is 4.74 Å². The highest BCUT2D eigenvalue weighted by Crippen LogP contribution is 2.20. The van der Waals surface area contributed by atoms with Crippen LogP contribution in [0.4, 0.5) is 0 Å². The predicted octanol–water partition coefficient (Wildman–Crippen LogP) is 1.95. The first kappa shape index (κ1) is 14.0. The summed E-state index contributed by atoms with van der Waals surface area (Å²) in [5, 5.41) is 3.17. The number of ether oxygens (including phenoxy) is 2. The maximum absolute atomic E-state index is 12.2. The van der Waals surface area contributed by atoms with E-state index in [0.717, 1.165) is 31.6 Å². The van der Waals surface area contributed by atoms with Crippen LogP contribution in [-0.4, -0.2) is 38.7 Å². The summed E-state index contributed by atoms with van der Waals surface area (Å²) in [5.41, 5.74) is 1.70. The molecule has 0 radical (unpaired) electrons. The van der Waals surface area contributed by atoms with Crippen LogP contribution >= 0.6 is 0 Å². The van der Waals surface area contributed by atoms with Crippen LogP contribution < -0.4 is 10.1 Å². The first-order chi connectivity index (χ1) is 9.20. The van der Waals surface area contributed by atoms with Crippen LogP contribution in [0, 0.1) is 6.92 Å². The van der Waals surface area contributed by atoms with Gasteiger partial charge in [-0.1, -0.05) is 11.6 Å². The zero-order valence-electron chi connectivity index (χ0n) is 11.6. The lowest BCUT2D eigenvalue weighted by atomic mass is 10.1. The first-order valence-electron chi connectivity index (χ1n) is 6.71. The summed E-state index contributed by atoms with van der Waals surface area (Å²) >= 11 is 0. The van der Waals surface area contributed by atoms with Gasteiger partial charge >= 0.3 is 0 Å².